The number of aliphatic carboxylic acids is 1. The van der Waals surface area contributed by atoms with Crippen molar-refractivity contribution in [1.82, 2.24) is 0 Å². The number of ether oxygens (including phenoxy) is 1. The summed E-state index contributed by atoms with van der Waals surface area (Å²) in [4.78, 5) is 23.9. The molecule has 0 spiro atoms. The summed E-state index contributed by atoms with van der Waals surface area (Å²) in [6, 6.07) is 3.83. The number of esters is 1. The molecule has 4 nitrogen and oxygen atoms in total. The van der Waals surface area contributed by atoms with E-state index in [1.165, 1.54) is 6.92 Å². The van der Waals surface area contributed by atoms with Gasteiger partial charge in [-0.2, -0.15) is 0 Å². The van der Waals surface area contributed by atoms with Crippen LogP contribution in [0.25, 0.3) is 0 Å². The highest BCUT2D eigenvalue weighted by Crippen LogP contribution is 2.27. The Kier molecular flexibility index (Phi) is 4.69. The second kappa shape index (κ2) is 5.82. The van der Waals surface area contributed by atoms with Crippen LogP contribution < -0.4 is 0 Å². The Bertz CT molecular complexity index is 385. The second-order valence-corrected chi connectivity index (χ2v) is 4.97. The minimum atomic E-state index is -1.46. The number of carbonyl (C=O) groups excluding carboxylic acids is 1. The fourth-order valence-corrected chi connectivity index (χ4v) is 2.12. The zero-order valence-corrected chi connectivity index (χ0v) is 10.8. The first-order valence-electron chi connectivity index (χ1n) is 5.43. The molecule has 94 valence electrons. The van der Waals surface area contributed by atoms with E-state index in [4.69, 9.17) is 9.84 Å². The van der Waals surface area contributed by atoms with E-state index in [2.05, 4.69) is 0 Å². The second-order valence-electron chi connectivity index (χ2n) is 3.94. The summed E-state index contributed by atoms with van der Waals surface area (Å²) in [5, 5.41) is 11.1. The largest absolute Gasteiger partial charge is 0.480 e. The zero-order valence-electron chi connectivity index (χ0n) is 9.93. The summed E-state index contributed by atoms with van der Waals surface area (Å²) < 4.78 is 4.82. The standard InChI is InChI=1S/C12H16O4S/c1-3-16-11(15)12(2,10(13)14)7-6-9-5-4-8-17-9/h4-5,8H,3,6-7H2,1-2H3,(H,13,14). The number of carboxylic acids is 1. The van der Waals surface area contributed by atoms with Crippen LogP contribution in [0.2, 0.25) is 0 Å². The van der Waals surface area contributed by atoms with Crippen LogP contribution in [0.4, 0.5) is 0 Å². The van der Waals surface area contributed by atoms with Crippen molar-refractivity contribution >= 4 is 23.3 Å². The summed E-state index contributed by atoms with van der Waals surface area (Å²) in [7, 11) is 0. The highest BCUT2D eigenvalue weighted by Gasteiger charge is 2.42. The molecular formula is C12H16O4S. The molecule has 1 rings (SSSR count). The maximum absolute atomic E-state index is 11.7. The van der Waals surface area contributed by atoms with Crippen molar-refractivity contribution in [3.8, 4) is 0 Å². The van der Waals surface area contributed by atoms with Crippen LogP contribution in [0.3, 0.4) is 0 Å². The number of carbonyl (C=O) groups is 2. The van der Waals surface area contributed by atoms with Gasteiger partial charge in [-0.3, -0.25) is 9.59 Å². The highest BCUT2D eigenvalue weighted by atomic mass is 32.1. The van der Waals surface area contributed by atoms with Gasteiger partial charge in [0.15, 0.2) is 5.41 Å². The topological polar surface area (TPSA) is 63.6 Å². The van der Waals surface area contributed by atoms with E-state index in [1.807, 2.05) is 17.5 Å². The van der Waals surface area contributed by atoms with Crippen molar-refractivity contribution in [1.29, 1.82) is 0 Å². The fraction of sp³-hybridized carbons (Fsp3) is 0.500. The molecule has 0 fully saturated rings. The number of thiophene rings is 1. The summed E-state index contributed by atoms with van der Waals surface area (Å²) in [6.45, 7) is 3.28. The van der Waals surface area contributed by atoms with Crippen molar-refractivity contribution in [3.63, 3.8) is 0 Å². The van der Waals surface area contributed by atoms with Gasteiger partial charge in [-0.15, -0.1) is 11.3 Å². The van der Waals surface area contributed by atoms with E-state index in [0.29, 0.717) is 6.42 Å². The molecule has 1 unspecified atom stereocenters. The Morgan fingerprint density at radius 1 is 1.53 bits per heavy atom. The molecule has 1 N–H and O–H groups in total. The van der Waals surface area contributed by atoms with Crippen LogP contribution in [0, 0.1) is 5.41 Å². The lowest BCUT2D eigenvalue weighted by molar-refractivity contribution is -0.167. The molecule has 0 saturated carbocycles. The Balaban J connectivity index is 2.71. The number of hydrogen-bond acceptors (Lipinski definition) is 4. The van der Waals surface area contributed by atoms with E-state index >= 15 is 0 Å². The highest BCUT2D eigenvalue weighted by molar-refractivity contribution is 7.09. The predicted octanol–water partition coefficient (Wildman–Crippen LogP) is 2.33. The minimum absolute atomic E-state index is 0.195. The van der Waals surface area contributed by atoms with Gasteiger partial charge in [-0.05, 0) is 38.1 Å². The molecule has 0 aliphatic rings. The molecule has 0 aliphatic carbocycles. The molecule has 0 saturated heterocycles. The normalized spacial score (nSPS) is 14.0. The van der Waals surface area contributed by atoms with Crippen molar-refractivity contribution in [2.45, 2.75) is 26.7 Å². The van der Waals surface area contributed by atoms with Gasteiger partial charge < -0.3 is 9.84 Å². The SMILES string of the molecule is CCOC(=O)C(C)(CCc1cccs1)C(=O)O. The quantitative estimate of drug-likeness (QED) is 0.626. The van der Waals surface area contributed by atoms with E-state index in [-0.39, 0.29) is 13.0 Å². The predicted molar refractivity (Wildman–Crippen MR) is 65.0 cm³/mol. The number of hydrogen-bond donors (Lipinski definition) is 1. The fourth-order valence-electron chi connectivity index (χ4n) is 1.41. The van der Waals surface area contributed by atoms with Crippen molar-refractivity contribution in [3.05, 3.63) is 22.4 Å². The lowest BCUT2D eigenvalue weighted by Crippen LogP contribution is -2.38. The summed E-state index contributed by atoms with van der Waals surface area (Å²) >= 11 is 1.56. The van der Waals surface area contributed by atoms with Crippen molar-refractivity contribution in [2.75, 3.05) is 6.61 Å². The van der Waals surface area contributed by atoms with E-state index < -0.39 is 17.4 Å². The number of rotatable bonds is 6. The molecule has 17 heavy (non-hydrogen) atoms. The minimum Gasteiger partial charge on any atom is -0.480 e. The van der Waals surface area contributed by atoms with Gasteiger partial charge in [0.25, 0.3) is 0 Å². The number of aryl methyl sites for hydroxylation is 1. The van der Waals surface area contributed by atoms with E-state index in [9.17, 15) is 9.59 Å². The maximum atomic E-state index is 11.7. The third kappa shape index (κ3) is 3.30. The summed E-state index contributed by atoms with van der Waals surface area (Å²) in [6.07, 6.45) is 0.820. The third-order valence-electron chi connectivity index (χ3n) is 2.65. The molecule has 0 aromatic carbocycles. The molecule has 1 heterocycles. The van der Waals surface area contributed by atoms with E-state index in [0.717, 1.165) is 4.88 Å². The van der Waals surface area contributed by atoms with Gasteiger partial charge in [-0.1, -0.05) is 6.07 Å². The lowest BCUT2D eigenvalue weighted by Gasteiger charge is -2.21. The first kappa shape index (κ1) is 13.7. The Labute approximate surface area is 104 Å². The van der Waals surface area contributed by atoms with Crippen LogP contribution in [-0.2, 0) is 20.7 Å². The van der Waals surface area contributed by atoms with Gasteiger partial charge in [0.05, 0.1) is 6.61 Å². The molecule has 1 aromatic heterocycles. The maximum Gasteiger partial charge on any atom is 0.323 e. The van der Waals surface area contributed by atoms with Crippen LogP contribution >= 0.6 is 11.3 Å². The average Bonchev–Trinajstić information content (AvgIpc) is 2.78. The summed E-state index contributed by atoms with van der Waals surface area (Å²) in [5.74, 6) is -1.79. The van der Waals surface area contributed by atoms with Gasteiger partial charge in [0, 0.05) is 4.88 Å². The average molecular weight is 256 g/mol. The summed E-state index contributed by atoms with van der Waals surface area (Å²) in [5.41, 5.74) is -1.46. The van der Waals surface area contributed by atoms with E-state index in [1.54, 1.807) is 18.3 Å². The first-order valence-corrected chi connectivity index (χ1v) is 6.31. The van der Waals surface area contributed by atoms with Crippen LogP contribution in [0.1, 0.15) is 25.1 Å². The third-order valence-corrected chi connectivity index (χ3v) is 3.59. The molecule has 0 aliphatic heterocycles. The van der Waals surface area contributed by atoms with Gasteiger partial charge in [0.1, 0.15) is 0 Å². The van der Waals surface area contributed by atoms with Crippen LogP contribution in [-0.4, -0.2) is 23.7 Å². The molecule has 5 heteroatoms. The van der Waals surface area contributed by atoms with Crippen LogP contribution in [0.15, 0.2) is 17.5 Å². The molecule has 1 atom stereocenters. The van der Waals surface area contributed by atoms with Crippen molar-refractivity contribution in [2.24, 2.45) is 5.41 Å². The molecular weight excluding hydrogens is 240 g/mol. The number of carboxylic acid groups (broad SMARTS) is 1. The lowest BCUT2D eigenvalue weighted by atomic mass is 9.85. The van der Waals surface area contributed by atoms with Gasteiger partial charge in [0.2, 0.25) is 0 Å². The Morgan fingerprint density at radius 3 is 2.71 bits per heavy atom. The Hall–Kier alpha value is -1.36. The van der Waals surface area contributed by atoms with Gasteiger partial charge >= 0.3 is 11.9 Å². The smallest absolute Gasteiger partial charge is 0.323 e. The molecule has 0 bridgehead atoms. The van der Waals surface area contributed by atoms with Crippen LogP contribution in [0.5, 0.6) is 0 Å². The monoisotopic (exact) mass is 256 g/mol. The van der Waals surface area contributed by atoms with Gasteiger partial charge in [-0.25, -0.2) is 0 Å². The zero-order chi connectivity index (χ0) is 12.9. The molecule has 0 amide bonds. The Morgan fingerprint density at radius 2 is 2.24 bits per heavy atom. The van der Waals surface area contributed by atoms with Crippen molar-refractivity contribution < 1.29 is 19.4 Å². The molecule has 1 aromatic rings. The first-order chi connectivity index (χ1) is 8.00. The molecule has 0 radical (unpaired) electrons.